The van der Waals surface area contributed by atoms with Crippen LogP contribution in [0.3, 0.4) is 0 Å². The molecule has 6 heteroatoms. The largest absolute Gasteiger partial charge is 0.501 e. The van der Waals surface area contributed by atoms with Gasteiger partial charge >= 0.3 is 0 Å². The van der Waals surface area contributed by atoms with E-state index < -0.39 is 8.07 Å². The van der Waals surface area contributed by atoms with Crippen LogP contribution in [-0.2, 0) is 26.5 Å². The van der Waals surface area contributed by atoms with Crippen LogP contribution in [0.5, 0.6) is 0 Å². The van der Waals surface area contributed by atoms with Gasteiger partial charge in [0.05, 0.1) is 30.5 Å². The average molecular weight is 978 g/mol. The zero-order valence-corrected chi connectivity index (χ0v) is 38.6. The summed E-state index contributed by atoms with van der Waals surface area (Å²) in [4.78, 5) is 9.89. The first kappa shape index (κ1) is 41.3. The van der Waals surface area contributed by atoms with Crippen molar-refractivity contribution in [1.29, 1.82) is 0 Å². The normalized spacial score (nSPS) is 13.3. The number of imidazole rings is 1. The molecule has 1 aliphatic rings. The molecule has 3 heterocycles. The van der Waals surface area contributed by atoms with Crippen LogP contribution in [0.25, 0.3) is 72.4 Å². The zero-order chi connectivity index (χ0) is 40.5. The van der Waals surface area contributed by atoms with E-state index in [0.717, 1.165) is 67.2 Å². The molecule has 9 aromatic rings. The van der Waals surface area contributed by atoms with Gasteiger partial charge in [-0.2, -0.15) is 0 Å². The number of pyridine rings is 1. The molecule has 1 radical (unpaired) electrons. The van der Waals surface area contributed by atoms with Crippen molar-refractivity contribution in [2.45, 2.75) is 72.0 Å². The van der Waals surface area contributed by atoms with Crippen LogP contribution in [0, 0.1) is 31.9 Å². The van der Waals surface area contributed by atoms with Crippen LogP contribution in [0.4, 0.5) is 0 Å². The molecule has 0 N–H and O–H groups in total. The first-order chi connectivity index (χ1) is 28.7. The molecule has 303 valence electrons. The maximum Gasteiger partial charge on any atom is 0.120 e. The van der Waals surface area contributed by atoms with Gasteiger partial charge in [0, 0.05) is 37.4 Å². The van der Waals surface area contributed by atoms with Gasteiger partial charge in [0.15, 0.2) is 0 Å². The predicted molar refractivity (Wildman–Crippen MR) is 249 cm³/mol. The van der Waals surface area contributed by atoms with E-state index in [0.29, 0.717) is 0 Å². The van der Waals surface area contributed by atoms with E-state index in [-0.39, 0.29) is 20.1 Å². The Labute approximate surface area is 369 Å². The third-order valence-electron chi connectivity index (χ3n) is 12.0. The van der Waals surface area contributed by atoms with Gasteiger partial charge in [0.2, 0.25) is 0 Å². The maximum atomic E-state index is 6.38. The molecule has 0 bridgehead atoms. The number of para-hydroxylation sites is 3. The van der Waals surface area contributed by atoms with Crippen molar-refractivity contribution in [3.8, 4) is 39.5 Å². The number of hydrogen-bond acceptors (Lipinski definition) is 3. The van der Waals surface area contributed by atoms with Crippen LogP contribution in [0.2, 0.25) is 19.6 Å². The minimum absolute atomic E-state index is 0. The zero-order valence-electron chi connectivity index (χ0n) is 35.2. The summed E-state index contributed by atoms with van der Waals surface area (Å²) in [6.45, 7) is 11.7. The molecule has 10 rings (SSSR count). The number of fused-ring (bicyclic) bond motifs is 4. The van der Waals surface area contributed by atoms with E-state index in [9.17, 15) is 0 Å². The van der Waals surface area contributed by atoms with Crippen LogP contribution in [-0.4, -0.2) is 22.6 Å². The Morgan fingerprint density at radius 3 is 2.18 bits per heavy atom. The van der Waals surface area contributed by atoms with Gasteiger partial charge in [0.1, 0.15) is 5.58 Å². The number of aryl methyl sites for hydroxylation is 2. The molecule has 0 amide bonds. The molecule has 60 heavy (non-hydrogen) atoms. The molecular weight excluding hydrogens is 927 g/mol. The number of aromatic nitrogens is 3. The monoisotopic (exact) mass is 978 g/mol. The second kappa shape index (κ2) is 17.7. The van der Waals surface area contributed by atoms with Gasteiger partial charge in [0.25, 0.3) is 0 Å². The molecule has 0 aliphatic heterocycles. The van der Waals surface area contributed by atoms with Crippen molar-refractivity contribution in [3.63, 3.8) is 0 Å². The van der Waals surface area contributed by atoms with Crippen molar-refractivity contribution in [3.05, 3.63) is 168 Å². The van der Waals surface area contributed by atoms with Crippen LogP contribution < -0.4 is 5.19 Å². The SMILES string of the molecule is C[Si](C)(C)c1cnc(-c2[c-]cccc2)cc1CC1CCCCC1.Cc1cc(-c2ccccc2)cc(C)c1-n1c(-c2[c-]ccc3c2oc2ccccc23)nc2ccccc21.[Ir]. The fourth-order valence-corrected chi connectivity index (χ4v) is 10.7. The summed E-state index contributed by atoms with van der Waals surface area (Å²) in [5, 5.41) is 3.72. The Bertz CT molecular complexity index is 2880. The third-order valence-corrected chi connectivity index (χ3v) is 14.0. The molecular formula is C54H51IrN3OSi-2. The summed E-state index contributed by atoms with van der Waals surface area (Å²) in [5.41, 5.74) is 14.2. The van der Waals surface area contributed by atoms with Crippen molar-refractivity contribution < 1.29 is 24.5 Å². The number of hydrogen-bond donors (Lipinski definition) is 0. The van der Waals surface area contributed by atoms with E-state index in [2.05, 4.69) is 147 Å². The van der Waals surface area contributed by atoms with Gasteiger partial charge in [-0.25, -0.2) is 0 Å². The van der Waals surface area contributed by atoms with E-state index in [1.807, 2.05) is 42.5 Å². The molecule has 1 fully saturated rings. The van der Waals surface area contributed by atoms with E-state index in [1.165, 1.54) is 60.8 Å². The molecule has 0 unspecified atom stereocenters. The van der Waals surface area contributed by atoms with Crippen LogP contribution >= 0.6 is 0 Å². The second-order valence-electron chi connectivity index (χ2n) is 17.2. The summed E-state index contributed by atoms with van der Waals surface area (Å²) >= 11 is 0. The Balaban J connectivity index is 0.000000181. The van der Waals surface area contributed by atoms with Gasteiger partial charge in [-0.3, -0.25) is 4.98 Å². The molecule has 6 aromatic carbocycles. The Hall–Kier alpha value is -5.39. The topological polar surface area (TPSA) is 43.9 Å². The first-order valence-electron chi connectivity index (χ1n) is 21.2. The Kier molecular flexibility index (Phi) is 12.2. The second-order valence-corrected chi connectivity index (χ2v) is 22.3. The number of rotatable bonds is 7. The predicted octanol–water partition coefficient (Wildman–Crippen LogP) is 13.9. The Morgan fingerprint density at radius 1 is 0.717 bits per heavy atom. The smallest absolute Gasteiger partial charge is 0.120 e. The van der Waals surface area contributed by atoms with Crippen LogP contribution in [0.15, 0.2) is 144 Å². The van der Waals surface area contributed by atoms with Crippen molar-refractivity contribution in [2.24, 2.45) is 5.92 Å². The van der Waals surface area contributed by atoms with Crippen molar-refractivity contribution >= 4 is 46.2 Å². The number of furan rings is 1. The van der Waals surface area contributed by atoms with Gasteiger partial charge in [-0.05, 0) is 89.7 Å². The fraction of sp³-hybridized carbons (Fsp3) is 0.222. The van der Waals surface area contributed by atoms with Crippen LogP contribution in [0.1, 0.15) is 48.8 Å². The fourth-order valence-electron chi connectivity index (χ4n) is 9.13. The van der Waals surface area contributed by atoms with Gasteiger partial charge < -0.3 is 14.0 Å². The van der Waals surface area contributed by atoms with E-state index in [4.69, 9.17) is 14.4 Å². The summed E-state index contributed by atoms with van der Waals surface area (Å²) in [7, 11) is -1.36. The molecule has 1 aliphatic carbocycles. The van der Waals surface area contributed by atoms with E-state index >= 15 is 0 Å². The van der Waals surface area contributed by atoms with Gasteiger partial charge in [-0.1, -0.05) is 135 Å². The molecule has 0 spiro atoms. The van der Waals surface area contributed by atoms with Crippen molar-refractivity contribution in [2.75, 3.05) is 0 Å². The number of nitrogens with zero attached hydrogens (tertiary/aromatic N) is 3. The van der Waals surface area contributed by atoms with Crippen molar-refractivity contribution in [1.82, 2.24) is 14.5 Å². The maximum absolute atomic E-state index is 6.38. The van der Waals surface area contributed by atoms with E-state index in [1.54, 1.807) is 10.8 Å². The quantitative estimate of drug-likeness (QED) is 0.118. The molecule has 3 aromatic heterocycles. The summed E-state index contributed by atoms with van der Waals surface area (Å²) in [6, 6.07) is 52.9. The summed E-state index contributed by atoms with van der Waals surface area (Å²) < 4.78 is 8.65. The molecule has 4 nitrogen and oxygen atoms in total. The first-order valence-corrected chi connectivity index (χ1v) is 24.7. The summed E-state index contributed by atoms with van der Waals surface area (Å²) in [5.74, 6) is 1.70. The minimum Gasteiger partial charge on any atom is -0.501 e. The summed E-state index contributed by atoms with van der Waals surface area (Å²) in [6.07, 6.45) is 10.5. The minimum atomic E-state index is -1.36. The third kappa shape index (κ3) is 8.34. The molecule has 0 atom stereocenters. The average Bonchev–Trinajstić information content (AvgIpc) is 3.83. The molecule has 1 saturated carbocycles. The standard InChI is InChI=1S/C33H23N2O.C21H28NSi.Ir/c1-21-19-24(23-11-4-3-5-12-23)20-22(2)31(21)35-29-17-8-7-16-28(29)34-33(35)27-15-10-14-26-25-13-6-9-18-30(25)36-32(26)27;1-23(2,3)21-16-22-20(18-12-8-5-9-13-18)15-19(21)14-17-10-6-4-7-11-17;/h3-14,16-20H,1-2H3;5,8-9,12,15-17H,4,6-7,10-11,14H2,1-3H3;/q2*-1;. The van der Waals surface area contributed by atoms with Gasteiger partial charge in [-0.15, -0.1) is 54.1 Å². The molecule has 0 saturated heterocycles. The Morgan fingerprint density at radius 2 is 1.43 bits per heavy atom. The number of benzene rings is 6.